The van der Waals surface area contributed by atoms with Crippen LogP contribution in [-0.4, -0.2) is 13.2 Å². The number of rotatable bonds is 5. The lowest BCUT2D eigenvalue weighted by atomic mass is 10.2. The maximum Gasteiger partial charge on any atom is 0.205 e. The smallest absolute Gasteiger partial charge is 0.205 e. The first-order valence-electron chi connectivity index (χ1n) is 5.31. The van der Waals surface area contributed by atoms with Crippen LogP contribution in [-0.2, 0) is 9.05 Å². The lowest BCUT2D eigenvalue weighted by Gasteiger charge is -2.16. The summed E-state index contributed by atoms with van der Waals surface area (Å²) in [4.78, 5) is 0. The van der Waals surface area contributed by atoms with Gasteiger partial charge < -0.3 is 9.05 Å². The van der Waals surface area contributed by atoms with Gasteiger partial charge >= 0.3 is 0 Å². The Morgan fingerprint density at radius 3 is 1.80 bits per heavy atom. The van der Waals surface area contributed by atoms with Crippen LogP contribution in [0.3, 0.4) is 0 Å². The van der Waals surface area contributed by atoms with Gasteiger partial charge in [-0.05, 0) is 39.8 Å². The Kier molecular flexibility index (Phi) is 5.24. The van der Waals surface area contributed by atoms with Crippen LogP contribution in [0.4, 0.5) is 0 Å². The topological polar surface area (TPSA) is 18.5 Å². The average Bonchev–Trinajstić information content (AvgIpc) is 2.16. The standard InChI is InChI=1S/C12H19O2P/c1-5-13-15(14-6-2)12-8-10(3)7-11(4)9-12/h7-9H,5-6H2,1-4H3. The van der Waals surface area contributed by atoms with Crippen LogP contribution in [0.1, 0.15) is 25.0 Å². The molecule has 0 N–H and O–H groups in total. The molecule has 0 atom stereocenters. The van der Waals surface area contributed by atoms with Crippen LogP contribution < -0.4 is 5.30 Å². The summed E-state index contributed by atoms with van der Waals surface area (Å²) in [6, 6.07) is 6.45. The first-order chi connectivity index (χ1) is 7.17. The molecule has 0 spiro atoms. The van der Waals surface area contributed by atoms with Crippen molar-refractivity contribution in [2.75, 3.05) is 13.2 Å². The van der Waals surface area contributed by atoms with Crippen molar-refractivity contribution in [1.29, 1.82) is 0 Å². The predicted octanol–water partition coefficient (Wildman–Crippen LogP) is 3.31. The molecule has 0 saturated heterocycles. The highest BCUT2D eigenvalue weighted by molar-refractivity contribution is 7.56. The molecule has 3 heteroatoms. The summed E-state index contributed by atoms with van der Waals surface area (Å²) in [7, 11) is -0.888. The number of hydrogen-bond donors (Lipinski definition) is 0. The largest absolute Gasteiger partial charge is 0.331 e. The summed E-state index contributed by atoms with van der Waals surface area (Å²) in [5, 5.41) is 1.17. The Labute approximate surface area is 93.5 Å². The van der Waals surface area contributed by atoms with E-state index in [1.807, 2.05) is 13.8 Å². The monoisotopic (exact) mass is 226 g/mol. The molecular weight excluding hydrogens is 207 g/mol. The predicted molar refractivity (Wildman–Crippen MR) is 65.7 cm³/mol. The van der Waals surface area contributed by atoms with Crippen molar-refractivity contribution in [2.24, 2.45) is 0 Å². The number of hydrogen-bond acceptors (Lipinski definition) is 2. The third kappa shape index (κ3) is 3.90. The van der Waals surface area contributed by atoms with Gasteiger partial charge in [-0.2, -0.15) is 0 Å². The zero-order chi connectivity index (χ0) is 11.3. The quantitative estimate of drug-likeness (QED) is 0.717. The van der Waals surface area contributed by atoms with Gasteiger partial charge in [-0.25, -0.2) is 0 Å². The van der Waals surface area contributed by atoms with E-state index in [4.69, 9.17) is 9.05 Å². The van der Waals surface area contributed by atoms with Gasteiger partial charge in [-0.3, -0.25) is 0 Å². The first kappa shape index (κ1) is 12.6. The molecule has 0 heterocycles. The zero-order valence-electron chi connectivity index (χ0n) is 9.91. The lowest BCUT2D eigenvalue weighted by molar-refractivity contribution is 0.277. The summed E-state index contributed by atoms with van der Waals surface area (Å²) in [5.74, 6) is 0. The minimum Gasteiger partial charge on any atom is -0.331 e. The van der Waals surface area contributed by atoms with E-state index in [1.165, 1.54) is 16.4 Å². The summed E-state index contributed by atoms with van der Waals surface area (Å²) < 4.78 is 11.2. The van der Waals surface area contributed by atoms with Gasteiger partial charge in [-0.1, -0.05) is 17.2 Å². The van der Waals surface area contributed by atoms with Gasteiger partial charge in [0.1, 0.15) is 0 Å². The molecule has 0 amide bonds. The minimum atomic E-state index is -0.888. The minimum absolute atomic E-state index is 0.693. The molecule has 0 fully saturated rings. The van der Waals surface area contributed by atoms with Crippen molar-refractivity contribution in [1.82, 2.24) is 0 Å². The molecule has 1 rings (SSSR count). The van der Waals surface area contributed by atoms with Gasteiger partial charge in [-0.15, -0.1) is 0 Å². The fourth-order valence-electron chi connectivity index (χ4n) is 1.48. The van der Waals surface area contributed by atoms with E-state index in [-0.39, 0.29) is 0 Å². The molecule has 1 aromatic carbocycles. The number of aryl methyl sites for hydroxylation is 2. The van der Waals surface area contributed by atoms with Gasteiger partial charge in [0.25, 0.3) is 0 Å². The molecule has 0 aromatic heterocycles. The van der Waals surface area contributed by atoms with Crippen molar-refractivity contribution in [3.8, 4) is 0 Å². The Morgan fingerprint density at radius 1 is 0.933 bits per heavy atom. The van der Waals surface area contributed by atoms with Gasteiger partial charge in [0.2, 0.25) is 8.38 Å². The van der Waals surface area contributed by atoms with E-state index < -0.39 is 8.38 Å². The Hall–Kier alpha value is -0.430. The summed E-state index contributed by atoms with van der Waals surface area (Å²) in [5.41, 5.74) is 2.52. The molecule has 0 unspecified atom stereocenters. The van der Waals surface area contributed by atoms with E-state index in [1.54, 1.807) is 0 Å². The van der Waals surface area contributed by atoms with E-state index >= 15 is 0 Å². The van der Waals surface area contributed by atoms with Crippen LogP contribution in [0, 0.1) is 13.8 Å². The van der Waals surface area contributed by atoms with Gasteiger partial charge in [0.15, 0.2) is 0 Å². The van der Waals surface area contributed by atoms with Gasteiger partial charge in [0, 0.05) is 5.30 Å². The van der Waals surface area contributed by atoms with Crippen molar-refractivity contribution >= 4 is 13.7 Å². The second-order valence-corrected chi connectivity index (χ2v) is 4.99. The van der Waals surface area contributed by atoms with E-state index in [9.17, 15) is 0 Å². The molecule has 2 nitrogen and oxygen atoms in total. The zero-order valence-corrected chi connectivity index (χ0v) is 10.8. The molecule has 1 aromatic rings. The maximum absolute atomic E-state index is 5.62. The molecule has 0 aliphatic rings. The Morgan fingerprint density at radius 2 is 1.40 bits per heavy atom. The maximum atomic E-state index is 5.62. The highest BCUT2D eigenvalue weighted by Crippen LogP contribution is 2.37. The first-order valence-corrected chi connectivity index (χ1v) is 6.49. The third-order valence-corrected chi connectivity index (χ3v) is 3.58. The summed E-state index contributed by atoms with van der Waals surface area (Å²) >= 11 is 0. The van der Waals surface area contributed by atoms with Crippen molar-refractivity contribution < 1.29 is 9.05 Å². The lowest BCUT2D eigenvalue weighted by Crippen LogP contribution is -2.07. The highest BCUT2D eigenvalue weighted by atomic mass is 31.2. The third-order valence-electron chi connectivity index (χ3n) is 1.91. The van der Waals surface area contributed by atoms with E-state index in [0.717, 1.165) is 0 Å². The second kappa shape index (κ2) is 6.22. The normalized spacial score (nSPS) is 11.0. The van der Waals surface area contributed by atoms with Crippen LogP contribution >= 0.6 is 8.38 Å². The van der Waals surface area contributed by atoms with Gasteiger partial charge in [0.05, 0.1) is 13.2 Å². The Bertz CT molecular complexity index is 286. The molecule has 15 heavy (non-hydrogen) atoms. The van der Waals surface area contributed by atoms with Crippen LogP contribution in [0.25, 0.3) is 0 Å². The molecule has 0 aliphatic heterocycles. The molecule has 0 saturated carbocycles. The molecule has 0 aliphatic carbocycles. The highest BCUT2D eigenvalue weighted by Gasteiger charge is 2.12. The van der Waals surface area contributed by atoms with E-state index in [2.05, 4.69) is 32.0 Å². The van der Waals surface area contributed by atoms with Crippen LogP contribution in [0.5, 0.6) is 0 Å². The summed E-state index contributed by atoms with van der Waals surface area (Å²) in [6.07, 6.45) is 0. The molecule has 0 bridgehead atoms. The fraction of sp³-hybridized carbons (Fsp3) is 0.500. The molecular formula is C12H19O2P. The van der Waals surface area contributed by atoms with Crippen molar-refractivity contribution in [3.63, 3.8) is 0 Å². The average molecular weight is 226 g/mol. The fourth-order valence-corrected chi connectivity index (χ4v) is 2.94. The van der Waals surface area contributed by atoms with Crippen LogP contribution in [0.2, 0.25) is 0 Å². The second-order valence-electron chi connectivity index (χ2n) is 3.44. The molecule has 0 radical (unpaired) electrons. The van der Waals surface area contributed by atoms with Crippen molar-refractivity contribution in [2.45, 2.75) is 27.7 Å². The summed E-state index contributed by atoms with van der Waals surface area (Å²) in [6.45, 7) is 9.58. The van der Waals surface area contributed by atoms with Crippen molar-refractivity contribution in [3.05, 3.63) is 29.3 Å². The molecule has 84 valence electrons. The SMILES string of the molecule is CCOP(OCC)c1cc(C)cc(C)c1. The van der Waals surface area contributed by atoms with Crippen LogP contribution in [0.15, 0.2) is 18.2 Å². The Balaban J connectivity index is 2.88. The number of benzene rings is 1. The van der Waals surface area contributed by atoms with E-state index in [0.29, 0.717) is 13.2 Å².